The van der Waals surface area contributed by atoms with E-state index >= 15 is 0 Å². The Hall–Kier alpha value is -1.46. The van der Waals surface area contributed by atoms with E-state index in [2.05, 4.69) is 23.1 Å². The van der Waals surface area contributed by atoms with Gasteiger partial charge in [-0.25, -0.2) is 10.7 Å². The van der Waals surface area contributed by atoms with Crippen molar-refractivity contribution in [3.63, 3.8) is 0 Å². The standard InChI is InChI=1S/C2H5NO2.C2H7NO.CH4N2O.H3NO/c3-1-2(4)5;3-1-2-4;2-1(3)4;1-2/h1,3H2,(H,4,5);4H,1-3H2;(H4,2,3,4);2H,1H2. The third-order valence-corrected chi connectivity index (χ3v) is 0.304. The molecule has 10 heteroatoms. The van der Waals surface area contributed by atoms with Crippen LogP contribution in [0.1, 0.15) is 0 Å². The number of carbonyl (C=O) groups is 2. The molecule has 0 saturated heterocycles. The second-order valence-electron chi connectivity index (χ2n) is 1.51. The molecule has 0 aliphatic rings. The molecule has 13 N–H and O–H groups in total. The first-order valence-electron chi connectivity index (χ1n) is 3.45. The zero-order chi connectivity index (χ0) is 13.3. The molecule has 0 aliphatic heterocycles. The van der Waals surface area contributed by atoms with Crippen molar-refractivity contribution in [2.45, 2.75) is 0 Å². The van der Waals surface area contributed by atoms with Crippen molar-refractivity contribution >= 4 is 12.0 Å². The lowest BCUT2D eigenvalue weighted by Crippen LogP contribution is -2.18. The van der Waals surface area contributed by atoms with E-state index in [0.717, 1.165) is 0 Å². The molecule has 0 heterocycles. The highest BCUT2D eigenvalue weighted by atomic mass is 16.4. The van der Waals surface area contributed by atoms with Crippen LogP contribution in [0.15, 0.2) is 0 Å². The minimum Gasteiger partial charge on any atom is -0.480 e. The third kappa shape index (κ3) is 587. The highest BCUT2D eigenvalue weighted by molar-refractivity contribution is 5.69. The van der Waals surface area contributed by atoms with Crippen LogP contribution in [0, 0.1) is 0 Å². The molecule has 0 radical (unpaired) electrons. The van der Waals surface area contributed by atoms with Crippen LogP contribution in [-0.2, 0) is 4.79 Å². The Morgan fingerprint density at radius 2 is 1.20 bits per heavy atom. The van der Waals surface area contributed by atoms with Crippen LogP contribution >= 0.6 is 0 Å². The van der Waals surface area contributed by atoms with Gasteiger partial charge in [0.2, 0.25) is 0 Å². The van der Waals surface area contributed by atoms with Crippen molar-refractivity contribution in [2.24, 2.45) is 28.8 Å². The first-order chi connectivity index (χ1) is 6.92. The molecule has 94 valence electrons. The van der Waals surface area contributed by atoms with Crippen molar-refractivity contribution in [1.82, 2.24) is 0 Å². The minimum atomic E-state index is -0.968. The Bertz CT molecular complexity index is 127. The number of amides is 2. The van der Waals surface area contributed by atoms with Gasteiger partial charge in [0, 0.05) is 6.54 Å². The number of aliphatic hydroxyl groups excluding tert-OH is 1. The second-order valence-corrected chi connectivity index (χ2v) is 1.51. The van der Waals surface area contributed by atoms with E-state index < -0.39 is 12.0 Å². The first kappa shape index (κ1) is 23.4. The second kappa shape index (κ2) is 29.4. The summed E-state index contributed by atoms with van der Waals surface area (Å²) in [6.07, 6.45) is 0. The number of primary amides is 2. The number of carboxylic acids is 1. The van der Waals surface area contributed by atoms with Crippen molar-refractivity contribution in [3.05, 3.63) is 0 Å². The maximum atomic E-state index is 9.24. The average Bonchev–Trinajstić information content (AvgIpc) is 2.20. The van der Waals surface area contributed by atoms with Gasteiger partial charge < -0.3 is 38.4 Å². The Labute approximate surface area is 86.6 Å². The summed E-state index contributed by atoms with van der Waals surface area (Å²) in [6.45, 7) is 0.194. The normalized spacial score (nSPS) is 6.47. The first-order valence-corrected chi connectivity index (χ1v) is 3.45. The molecule has 0 aliphatic carbocycles. The summed E-state index contributed by atoms with van der Waals surface area (Å²) in [7, 11) is 0. The van der Waals surface area contributed by atoms with Gasteiger partial charge >= 0.3 is 12.0 Å². The summed E-state index contributed by atoms with van der Waals surface area (Å²) in [4.78, 5) is 18.2. The number of nitrogens with two attached hydrogens (primary N) is 5. The summed E-state index contributed by atoms with van der Waals surface area (Å²) < 4.78 is 0. The number of carboxylic acid groups (broad SMARTS) is 1. The summed E-state index contributed by atoms with van der Waals surface area (Å²) in [5.74, 6) is 2.53. The number of carbonyl (C=O) groups excluding carboxylic acids is 1. The van der Waals surface area contributed by atoms with Crippen molar-refractivity contribution < 1.29 is 25.0 Å². The highest BCUT2D eigenvalue weighted by Crippen LogP contribution is 1.43. The van der Waals surface area contributed by atoms with Crippen LogP contribution in [0.2, 0.25) is 0 Å². The van der Waals surface area contributed by atoms with Gasteiger partial charge in [-0.3, -0.25) is 4.79 Å². The molecular weight excluding hydrogens is 210 g/mol. The van der Waals surface area contributed by atoms with Gasteiger partial charge in [0.25, 0.3) is 0 Å². The SMILES string of the molecule is NC(N)=O.NCC(=O)O.NCCO.NO. The Morgan fingerprint density at radius 1 is 1.07 bits per heavy atom. The van der Waals surface area contributed by atoms with Crippen molar-refractivity contribution in [2.75, 3.05) is 19.7 Å². The molecule has 0 bridgehead atoms. The molecule has 2 amide bonds. The number of aliphatic carboxylic acids is 1. The molecule has 15 heavy (non-hydrogen) atoms. The number of hydrogen-bond acceptors (Lipinski definition) is 7. The Morgan fingerprint density at radius 3 is 1.20 bits per heavy atom. The Kier molecular flexibility index (Phi) is 45.8. The maximum Gasteiger partial charge on any atom is 0.317 e. The van der Waals surface area contributed by atoms with E-state index in [1.807, 2.05) is 0 Å². The zero-order valence-corrected chi connectivity index (χ0v) is 8.17. The largest absolute Gasteiger partial charge is 0.480 e. The summed E-state index contributed by atoms with van der Waals surface area (Å²) in [6, 6.07) is -0.833. The molecule has 0 aromatic heterocycles. The fourth-order valence-electron chi connectivity index (χ4n) is 0. The van der Waals surface area contributed by atoms with Crippen LogP contribution in [-0.4, -0.2) is 47.1 Å². The third-order valence-electron chi connectivity index (χ3n) is 0.304. The van der Waals surface area contributed by atoms with Gasteiger partial charge in [-0.1, -0.05) is 0 Å². The van der Waals surface area contributed by atoms with E-state index in [1.165, 1.54) is 0 Å². The fourth-order valence-corrected chi connectivity index (χ4v) is 0. The van der Waals surface area contributed by atoms with Gasteiger partial charge in [0.15, 0.2) is 0 Å². The molecule has 0 aromatic carbocycles. The topological polar surface area (TPSA) is 225 Å². The van der Waals surface area contributed by atoms with Crippen LogP contribution in [0.3, 0.4) is 0 Å². The van der Waals surface area contributed by atoms with E-state index in [9.17, 15) is 4.79 Å². The van der Waals surface area contributed by atoms with Crippen molar-refractivity contribution in [3.8, 4) is 0 Å². The van der Waals surface area contributed by atoms with Crippen LogP contribution in [0.25, 0.3) is 0 Å². The van der Waals surface area contributed by atoms with E-state index in [1.54, 1.807) is 0 Å². The van der Waals surface area contributed by atoms with Gasteiger partial charge in [0.05, 0.1) is 13.2 Å². The van der Waals surface area contributed by atoms with Gasteiger partial charge in [-0.15, -0.1) is 0 Å². The van der Waals surface area contributed by atoms with Crippen LogP contribution in [0.5, 0.6) is 0 Å². The monoisotopic (exact) mass is 229 g/mol. The molecule has 0 saturated carbocycles. The van der Waals surface area contributed by atoms with E-state index in [0.29, 0.717) is 6.54 Å². The lowest BCUT2D eigenvalue weighted by atomic mass is 10.7. The van der Waals surface area contributed by atoms with Gasteiger partial charge in [0.1, 0.15) is 0 Å². The lowest BCUT2D eigenvalue weighted by Gasteiger charge is -1.73. The molecule has 0 spiro atoms. The average molecular weight is 229 g/mol. The molecule has 0 rings (SSSR count). The minimum absolute atomic E-state index is 0.0972. The summed E-state index contributed by atoms with van der Waals surface area (Å²) in [5.41, 5.74) is 17.8. The summed E-state index contributed by atoms with van der Waals surface area (Å²) >= 11 is 0. The maximum absolute atomic E-state index is 9.24. The smallest absolute Gasteiger partial charge is 0.317 e. The molecule has 10 nitrogen and oxygen atoms in total. The highest BCUT2D eigenvalue weighted by Gasteiger charge is 1.81. The zero-order valence-electron chi connectivity index (χ0n) is 8.17. The molecule has 0 atom stereocenters. The number of rotatable bonds is 2. The number of aliphatic hydroxyl groups is 1. The van der Waals surface area contributed by atoms with Gasteiger partial charge in [-0.2, -0.15) is 0 Å². The Balaban J connectivity index is -0.0000000562. The van der Waals surface area contributed by atoms with Crippen LogP contribution < -0.4 is 28.8 Å². The van der Waals surface area contributed by atoms with Gasteiger partial charge in [-0.05, 0) is 0 Å². The van der Waals surface area contributed by atoms with Crippen LogP contribution in [0.4, 0.5) is 4.79 Å². The number of hydrogen-bond donors (Lipinski definition) is 8. The molecule has 0 fully saturated rings. The molecular formula is C5H19N5O5. The molecule has 0 aromatic rings. The summed E-state index contributed by atoms with van der Waals surface area (Å²) in [5, 5.41) is 21.8. The lowest BCUT2D eigenvalue weighted by molar-refractivity contribution is -0.135. The quantitative estimate of drug-likeness (QED) is 0.219. The fraction of sp³-hybridized carbons (Fsp3) is 0.600. The van der Waals surface area contributed by atoms with E-state index in [4.69, 9.17) is 25.9 Å². The molecule has 0 unspecified atom stereocenters. The predicted octanol–water partition coefficient (Wildman–Crippen LogP) is -3.67. The van der Waals surface area contributed by atoms with Crippen molar-refractivity contribution in [1.29, 1.82) is 0 Å². The predicted molar refractivity (Wildman–Crippen MR) is 52.6 cm³/mol. The number of urea groups is 1. The van der Waals surface area contributed by atoms with E-state index in [-0.39, 0.29) is 13.2 Å².